The van der Waals surface area contributed by atoms with E-state index >= 15 is 0 Å². The number of nitrogens with one attached hydrogen (secondary N) is 1. The average molecular weight is 241 g/mol. The number of hydrogen-bond acceptors (Lipinski definition) is 5. The van der Waals surface area contributed by atoms with E-state index in [9.17, 15) is 9.59 Å². The summed E-state index contributed by atoms with van der Waals surface area (Å²) in [6.45, 7) is 3.83. The van der Waals surface area contributed by atoms with Crippen LogP contribution in [-0.2, 0) is 16.1 Å². The van der Waals surface area contributed by atoms with E-state index in [1.54, 1.807) is 13.8 Å². The number of rotatable bonds is 6. The van der Waals surface area contributed by atoms with Crippen LogP contribution >= 0.6 is 0 Å². The molecule has 0 radical (unpaired) electrons. The van der Waals surface area contributed by atoms with E-state index in [0.29, 0.717) is 6.61 Å². The molecule has 0 bridgehead atoms. The lowest BCUT2D eigenvalue weighted by molar-refractivity contribution is -0.145. The van der Waals surface area contributed by atoms with Crippen molar-refractivity contribution in [3.8, 4) is 0 Å². The highest BCUT2D eigenvalue weighted by Crippen LogP contribution is 2.10. The first kappa shape index (κ1) is 13.2. The van der Waals surface area contributed by atoms with Crippen molar-refractivity contribution < 1.29 is 23.8 Å². The zero-order chi connectivity index (χ0) is 12.8. The molecule has 17 heavy (non-hydrogen) atoms. The third-order valence-corrected chi connectivity index (χ3v) is 2.18. The zero-order valence-corrected chi connectivity index (χ0v) is 9.73. The third-order valence-electron chi connectivity index (χ3n) is 2.18. The van der Waals surface area contributed by atoms with Crippen LogP contribution in [-0.4, -0.2) is 29.7 Å². The predicted molar refractivity (Wildman–Crippen MR) is 58.6 cm³/mol. The van der Waals surface area contributed by atoms with Crippen LogP contribution in [0.3, 0.4) is 0 Å². The van der Waals surface area contributed by atoms with Crippen LogP contribution in [0.1, 0.15) is 30.0 Å². The molecule has 0 aliphatic heterocycles. The third kappa shape index (κ3) is 3.60. The molecule has 1 aromatic rings. The van der Waals surface area contributed by atoms with Crippen molar-refractivity contribution >= 4 is 11.9 Å². The molecule has 0 saturated heterocycles. The van der Waals surface area contributed by atoms with Gasteiger partial charge in [0.05, 0.1) is 19.4 Å². The molecule has 1 unspecified atom stereocenters. The fraction of sp³-hybridized carbons (Fsp3) is 0.455. The Hall–Kier alpha value is -1.82. The molecule has 1 rings (SSSR count). The molecule has 94 valence electrons. The molecule has 1 heterocycles. The lowest BCUT2D eigenvalue weighted by Gasteiger charge is -2.11. The normalized spacial score (nSPS) is 12.1. The van der Waals surface area contributed by atoms with E-state index < -0.39 is 12.0 Å². The van der Waals surface area contributed by atoms with Crippen molar-refractivity contribution in [1.29, 1.82) is 0 Å². The highest BCUT2D eigenvalue weighted by molar-refractivity contribution is 5.88. The van der Waals surface area contributed by atoms with Crippen molar-refractivity contribution in [2.75, 3.05) is 6.61 Å². The Labute approximate surface area is 98.6 Å². The van der Waals surface area contributed by atoms with E-state index in [2.05, 4.69) is 5.32 Å². The second-order valence-corrected chi connectivity index (χ2v) is 3.42. The van der Waals surface area contributed by atoms with Crippen molar-refractivity contribution in [2.24, 2.45) is 0 Å². The first-order valence-electron chi connectivity index (χ1n) is 5.26. The molecule has 0 aliphatic rings. The van der Waals surface area contributed by atoms with Gasteiger partial charge in [0, 0.05) is 0 Å². The summed E-state index contributed by atoms with van der Waals surface area (Å²) in [5.74, 6) is -1.15. The van der Waals surface area contributed by atoms with Crippen molar-refractivity contribution in [2.45, 2.75) is 26.4 Å². The summed E-state index contributed by atoms with van der Waals surface area (Å²) in [6.07, 6.45) is 1.30. The lowest BCUT2D eigenvalue weighted by Crippen LogP contribution is -2.35. The number of carboxylic acids is 1. The van der Waals surface area contributed by atoms with Gasteiger partial charge in [0.2, 0.25) is 0 Å². The first-order chi connectivity index (χ1) is 8.06. The lowest BCUT2D eigenvalue weighted by atomic mass is 10.2. The number of esters is 1. The highest BCUT2D eigenvalue weighted by atomic mass is 16.5. The molecular weight excluding hydrogens is 226 g/mol. The number of carbonyl (C=O) groups is 2. The Morgan fingerprint density at radius 3 is 2.88 bits per heavy atom. The van der Waals surface area contributed by atoms with Gasteiger partial charge in [-0.15, -0.1) is 0 Å². The molecular formula is C11H15NO5. The van der Waals surface area contributed by atoms with Crippen molar-refractivity contribution in [1.82, 2.24) is 5.32 Å². The van der Waals surface area contributed by atoms with Crippen LogP contribution in [0.5, 0.6) is 0 Å². The minimum atomic E-state index is -1.06. The molecule has 1 atom stereocenters. The van der Waals surface area contributed by atoms with Gasteiger partial charge in [0.1, 0.15) is 17.4 Å². The van der Waals surface area contributed by atoms with E-state index in [1.165, 1.54) is 12.3 Å². The van der Waals surface area contributed by atoms with Gasteiger partial charge in [-0.2, -0.15) is 0 Å². The van der Waals surface area contributed by atoms with E-state index in [1.807, 2.05) is 0 Å². The summed E-state index contributed by atoms with van der Waals surface area (Å²) in [7, 11) is 0. The maximum atomic E-state index is 11.3. The molecule has 1 aromatic heterocycles. The first-order valence-corrected chi connectivity index (χ1v) is 5.26. The fourth-order valence-electron chi connectivity index (χ4n) is 1.26. The minimum absolute atomic E-state index is 0.0913. The minimum Gasteiger partial charge on any atom is -0.478 e. The second kappa shape index (κ2) is 6.05. The number of furan rings is 1. The molecule has 0 aromatic carbocycles. The summed E-state index contributed by atoms with van der Waals surface area (Å²) in [4.78, 5) is 22.1. The number of aromatic carboxylic acids is 1. The summed E-state index contributed by atoms with van der Waals surface area (Å²) in [5, 5.41) is 11.7. The number of hydrogen-bond donors (Lipinski definition) is 2. The van der Waals surface area contributed by atoms with Crippen LogP contribution in [0.25, 0.3) is 0 Å². The van der Waals surface area contributed by atoms with Gasteiger partial charge in [0.25, 0.3) is 0 Å². The van der Waals surface area contributed by atoms with Crippen LogP contribution in [0.4, 0.5) is 0 Å². The zero-order valence-electron chi connectivity index (χ0n) is 9.73. The van der Waals surface area contributed by atoms with Gasteiger partial charge in [0.15, 0.2) is 0 Å². The van der Waals surface area contributed by atoms with Gasteiger partial charge in [-0.1, -0.05) is 0 Å². The van der Waals surface area contributed by atoms with E-state index in [-0.39, 0.29) is 23.8 Å². The summed E-state index contributed by atoms with van der Waals surface area (Å²) >= 11 is 0. The molecule has 0 saturated carbocycles. The Bertz CT molecular complexity index is 398. The fourth-order valence-corrected chi connectivity index (χ4v) is 1.26. The van der Waals surface area contributed by atoms with Crippen LogP contribution in [0.15, 0.2) is 16.7 Å². The number of carboxylic acid groups (broad SMARTS) is 1. The standard InChI is InChI=1S/C11H15NO5/c1-3-16-11(15)7(2)12-6-9-8(10(13)14)4-5-17-9/h4-5,7,12H,3,6H2,1-2H3,(H,13,14). The molecule has 0 aliphatic carbocycles. The largest absolute Gasteiger partial charge is 0.478 e. The van der Waals surface area contributed by atoms with Gasteiger partial charge >= 0.3 is 11.9 Å². The number of ether oxygens (including phenoxy) is 1. The second-order valence-electron chi connectivity index (χ2n) is 3.42. The summed E-state index contributed by atoms with van der Waals surface area (Å²) < 4.78 is 9.82. The maximum Gasteiger partial charge on any atom is 0.339 e. The van der Waals surface area contributed by atoms with Crippen molar-refractivity contribution in [3.63, 3.8) is 0 Å². The number of carbonyl (C=O) groups excluding carboxylic acids is 1. The monoisotopic (exact) mass is 241 g/mol. The predicted octanol–water partition coefficient (Wildman–Crippen LogP) is 1.02. The Morgan fingerprint density at radius 1 is 1.59 bits per heavy atom. The van der Waals surface area contributed by atoms with Crippen molar-refractivity contribution in [3.05, 3.63) is 23.7 Å². The summed E-state index contributed by atoms with van der Waals surface area (Å²) in [5.41, 5.74) is 0.0913. The van der Waals surface area contributed by atoms with Gasteiger partial charge in [-0.3, -0.25) is 10.1 Å². The quantitative estimate of drug-likeness (QED) is 0.723. The van der Waals surface area contributed by atoms with Crippen LogP contribution in [0.2, 0.25) is 0 Å². The summed E-state index contributed by atoms with van der Waals surface area (Å²) in [6, 6.07) is 0.857. The smallest absolute Gasteiger partial charge is 0.339 e. The molecule has 6 nitrogen and oxygen atoms in total. The maximum absolute atomic E-state index is 11.3. The van der Waals surface area contributed by atoms with Gasteiger partial charge in [-0.05, 0) is 19.9 Å². The SMILES string of the molecule is CCOC(=O)C(C)NCc1occc1C(=O)O. The Balaban J connectivity index is 2.52. The topological polar surface area (TPSA) is 88.8 Å². The van der Waals surface area contributed by atoms with Gasteiger partial charge in [-0.25, -0.2) is 4.79 Å². The van der Waals surface area contributed by atoms with Gasteiger partial charge < -0.3 is 14.3 Å². The highest BCUT2D eigenvalue weighted by Gasteiger charge is 2.17. The molecule has 6 heteroatoms. The Morgan fingerprint density at radius 2 is 2.29 bits per heavy atom. The molecule has 0 amide bonds. The Kier molecular flexibility index (Phi) is 4.71. The molecule has 2 N–H and O–H groups in total. The molecule has 0 fully saturated rings. The van der Waals surface area contributed by atoms with Crippen LogP contribution in [0, 0.1) is 0 Å². The van der Waals surface area contributed by atoms with Crippen LogP contribution < -0.4 is 5.32 Å². The average Bonchev–Trinajstić information content (AvgIpc) is 2.74. The van der Waals surface area contributed by atoms with E-state index in [0.717, 1.165) is 0 Å². The van der Waals surface area contributed by atoms with E-state index in [4.69, 9.17) is 14.3 Å². The molecule has 0 spiro atoms.